The summed E-state index contributed by atoms with van der Waals surface area (Å²) in [5.74, 6) is -2.42. The van der Waals surface area contributed by atoms with Gasteiger partial charge in [0.15, 0.2) is 0 Å². The van der Waals surface area contributed by atoms with Crippen molar-refractivity contribution in [2.45, 2.75) is 63.7 Å². The smallest absolute Gasteiger partial charge is 0.475 e. The van der Waals surface area contributed by atoms with E-state index in [1.54, 1.807) is 0 Å². The fraction of sp³-hybridized carbons (Fsp3) is 0.650. The van der Waals surface area contributed by atoms with Crippen molar-refractivity contribution in [1.82, 2.24) is 14.8 Å². The number of carboxylic acids is 1. The Bertz CT molecular complexity index is 675. The Morgan fingerprint density at radius 2 is 1.86 bits per heavy atom. The van der Waals surface area contributed by atoms with Crippen LogP contribution in [0.25, 0.3) is 0 Å². The minimum Gasteiger partial charge on any atom is -0.475 e. The van der Waals surface area contributed by atoms with Gasteiger partial charge >= 0.3 is 12.1 Å². The van der Waals surface area contributed by atoms with E-state index in [4.69, 9.17) is 9.90 Å². The summed E-state index contributed by atoms with van der Waals surface area (Å²) < 4.78 is 31.7. The average Bonchev–Trinajstić information content (AvgIpc) is 3.05. The van der Waals surface area contributed by atoms with Crippen LogP contribution in [0.5, 0.6) is 0 Å². The molecule has 2 aliphatic heterocycles. The standard InChI is InChI=1S/C18H27N3O.C2HF3O2/c1-2-5-17(22)20-12-8-18(9-13-20)7-4-11-21(18)15-16-6-3-10-19-14-16;3-2(4,5)1(6)7/h3,6,10,14H,2,4-5,7-9,11-13,15H2,1H3;(H,6,7). The Morgan fingerprint density at radius 1 is 1.21 bits per heavy atom. The van der Waals surface area contributed by atoms with Crippen LogP contribution in [0.4, 0.5) is 13.2 Å². The molecule has 1 aromatic rings. The molecule has 2 aliphatic rings. The highest BCUT2D eigenvalue weighted by Gasteiger charge is 2.43. The number of carbonyl (C=O) groups is 2. The summed E-state index contributed by atoms with van der Waals surface area (Å²) >= 11 is 0. The number of carbonyl (C=O) groups excluding carboxylic acids is 1. The molecule has 0 atom stereocenters. The van der Waals surface area contributed by atoms with E-state index in [1.165, 1.54) is 24.9 Å². The number of piperidine rings is 1. The molecule has 1 amide bonds. The number of amides is 1. The molecule has 2 saturated heterocycles. The molecular formula is C20H28F3N3O3. The van der Waals surface area contributed by atoms with Crippen LogP contribution >= 0.6 is 0 Å². The van der Waals surface area contributed by atoms with Crippen LogP contribution in [0.2, 0.25) is 0 Å². The normalized spacial score (nSPS) is 19.0. The van der Waals surface area contributed by atoms with E-state index in [-0.39, 0.29) is 0 Å². The Labute approximate surface area is 168 Å². The van der Waals surface area contributed by atoms with Crippen LogP contribution in [0.3, 0.4) is 0 Å². The molecule has 0 aromatic carbocycles. The maximum Gasteiger partial charge on any atom is 0.490 e. The van der Waals surface area contributed by atoms with E-state index in [9.17, 15) is 18.0 Å². The van der Waals surface area contributed by atoms with Crippen LogP contribution in [0, 0.1) is 0 Å². The Kier molecular flexibility index (Phi) is 8.01. The highest BCUT2D eigenvalue weighted by molar-refractivity contribution is 5.76. The van der Waals surface area contributed by atoms with E-state index in [1.807, 2.05) is 18.5 Å². The van der Waals surface area contributed by atoms with Crippen molar-refractivity contribution < 1.29 is 27.9 Å². The summed E-state index contributed by atoms with van der Waals surface area (Å²) in [5.41, 5.74) is 1.62. The van der Waals surface area contributed by atoms with Crippen molar-refractivity contribution in [3.8, 4) is 0 Å². The summed E-state index contributed by atoms with van der Waals surface area (Å²) in [4.78, 5) is 29.9. The van der Waals surface area contributed by atoms with Crippen LogP contribution in [-0.4, -0.2) is 63.1 Å². The summed E-state index contributed by atoms with van der Waals surface area (Å²) in [6.45, 7) is 6.12. The molecule has 6 nitrogen and oxygen atoms in total. The van der Waals surface area contributed by atoms with Gasteiger partial charge in [-0.1, -0.05) is 13.0 Å². The van der Waals surface area contributed by atoms with Crippen molar-refractivity contribution in [3.05, 3.63) is 30.1 Å². The Morgan fingerprint density at radius 3 is 2.38 bits per heavy atom. The minimum atomic E-state index is -5.08. The van der Waals surface area contributed by atoms with E-state index in [2.05, 4.69) is 27.8 Å². The second-order valence-electron chi connectivity index (χ2n) is 7.54. The zero-order valence-electron chi connectivity index (χ0n) is 16.6. The first-order valence-corrected chi connectivity index (χ1v) is 9.90. The molecule has 0 radical (unpaired) electrons. The van der Waals surface area contributed by atoms with Gasteiger partial charge in [-0.15, -0.1) is 0 Å². The number of nitrogens with zero attached hydrogens (tertiary/aromatic N) is 3. The third-order valence-corrected chi connectivity index (χ3v) is 5.59. The number of aromatic nitrogens is 1. The van der Waals surface area contributed by atoms with Gasteiger partial charge < -0.3 is 10.0 Å². The second kappa shape index (κ2) is 10.0. The van der Waals surface area contributed by atoms with Crippen molar-refractivity contribution in [1.29, 1.82) is 0 Å². The van der Waals surface area contributed by atoms with Gasteiger partial charge in [-0.05, 0) is 50.3 Å². The van der Waals surface area contributed by atoms with E-state index in [0.29, 0.717) is 17.9 Å². The fourth-order valence-corrected chi connectivity index (χ4v) is 4.06. The van der Waals surface area contributed by atoms with Crippen molar-refractivity contribution in [2.24, 2.45) is 0 Å². The maximum absolute atomic E-state index is 12.1. The molecule has 9 heteroatoms. The molecule has 29 heavy (non-hydrogen) atoms. The van der Waals surface area contributed by atoms with Crippen LogP contribution in [-0.2, 0) is 16.1 Å². The van der Waals surface area contributed by atoms with Crippen LogP contribution in [0.1, 0.15) is 51.0 Å². The van der Waals surface area contributed by atoms with Crippen molar-refractivity contribution >= 4 is 11.9 Å². The second-order valence-corrected chi connectivity index (χ2v) is 7.54. The lowest BCUT2D eigenvalue weighted by Gasteiger charge is -2.45. The number of pyridine rings is 1. The SMILES string of the molecule is CCCC(=O)N1CCC2(CCCN2Cc2cccnc2)CC1.O=C(O)C(F)(F)F. The lowest BCUT2D eigenvalue weighted by molar-refractivity contribution is -0.192. The predicted octanol–water partition coefficient (Wildman–Crippen LogP) is 3.47. The topological polar surface area (TPSA) is 73.7 Å². The number of alkyl halides is 3. The van der Waals surface area contributed by atoms with Crippen molar-refractivity contribution in [2.75, 3.05) is 19.6 Å². The molecule has 0 aliphatic carbocycles. The lowest BCUT2D eigenvalue weighted by atomic mass is 9.84. The van der Waals surface area contributed by atoms with Gasteiger partial charge in [-0.3, -0.25) is 14.7 Å². The van der Waals surface area contributed by atoms with Gasteiger partial charge in [0, 0.05) is 44.0 Å². The van der Waals surface area contributed by atoms with Gasteiger partial charge in [0.2, 0.25) is 5.91 Å². The molecule has 3 rings (SSSR count). The number of hydrogen-bond acceptors (Lipinski definition) is 4. The molecule has 0 saturated carbocycles. The summed E-state index contributed by atoms with van der Waals surface area (Å²) in [6, 6.07) is 4.18. The molecule has 1 spiro atoms. The quantitative estimate of drug-likeness (QED) is 0.815. The summed E-state index contributed by atoms with van der Waals surface area (Å²) in [6.07, 6.45) is 5.20. The largest absolute Gasteiger partial charge is 0.490 e. The number of hydrogen-bond donors (Lipinski definition) is 1. The third-order valence-electron chi connectivity index (χ3n) is 5.59. The highest BCUT2D eigenvalue weighted by atomic mass is 19.4. The number of likely N-dealkylation sites (tertiary alicyclic amines) is 2. The molecule has 162 valence electrons. The average molecular weight is 415 g/mol. The minimum absolute atomic E-state index is 0.318. The van der Waals surface area contributed by atoms with Gasteiger partial charge in [0.25, 0.3) is 0 Å². The van der Waals surface area contributed by atoms with Crippen molar-refractivity contribution in [3.63, 3.8) is 0 Å². The number of halogens is 3. The highest BCUT2D eigenvalue weighted by Crippen LogP contribution is 2.39. The summed E-state index contributed by atoms with van der Waals surface area (Å²) in [7, 11) is 0. The zero-order chi connectivity index (χ0) is 21.5. The van der Waals surface area contributed by atoms with Gasteiger partial charge in [-0.2, -0.15) is 13.2 Å². The van der Waals surface area contributed by atoms with Gasteiger partial charge in [0.05, 0.1) is 0 Å². The third kappa shape index (κ3) is 6.42. The predicted molar refractivity (Wildman–Crippen MR) is 101 cm³/mol. The Hall–Kier alpha value is -2.16. The molecular weight excluding hydrogens is 387 g/mol. The van der Waals surface area contributed by atoms with E-state index < -0.39 is 12.1 Å². The number of rotatable bonds is 4. The number of aliphatic carboxylic acids is 1. The molecule has 1 N–H and O–H groups in total. The molecule has 0 bridgehead atoms. The van der Waals surface area contributed by atoms with E-state index >= 15 is 0 Å². The first kappa shape index (κ1) is 23.1. The molecule has 0 unspecified atom stereocenters. The van der Waals surface area contributed by atoms with Crippen LogP contribution < -0.4 is 0 Å². The zero-order valence-corrected chi connectivity index (χ0v) is 16.6. The lowest BCUT2D eigenvalue weighted by Crippen LogP contribution is -2.52. The first-order valence-electron chi connectivity index (χ1n) is 9.90. The summed E-state index contributed by atoms with van der Waals surface area (Å²) in [5, 5.41) is 7.12. The van der Waals surface area contributed by atoms with Crippen LogP contribution in [0.15, 0.2) is 24.5 Å². The number of carboxylic acid groups (broad SMARTS) is 1. The van der Waals surface area contributed by atoms with E-state index in [0.717, 1.165) is 38.9 Å². The fourth-order valence-electron chi connectivity index (χ4n) is 4.06. The molecule has 3 heterocycles. The monoisotopic (exact) mass is 415 g/mol. The molecule has 2 fully saturated rings. The first-order chi connectivity index (χ1) is 13.7. The molecule has 1 aromatic heterocycles. The van der Waals surface area contributed by atoms with Gasteiger partial charge in [0.1, 0.15) is 0 Å². The van der Waals surface area contributed by atoms with Gasteiger partial charge in [-0.25, -0.2) is 4.79 Å². The Balaban J connectivity index is 0.000000370. The maximum atomic E-state index is 12.1.